The molecule has 2 aromatic rings. The van der Waals surface area contributed by atoms with Crippen LogP contribution in [-0.2, 0) is 0 Å². The summed E-state index contributed by atoms with van der Waals surface area (Å²) in [5, 5.41) is 14.8. The second kappa shape index (κ2) is 6.11. The van der Waals surface area contributed by atoms with Crippen molar-refractivity contribution >= 4 is 10.8 Å². The maximum atomic E-state index is 4.47. The number of likely N-dealkylation sites (N-methyl/N-ethyl adjacent to an activating group) is 1. The van der Waals surface area contributed by atoms with Crippen molar-refractivity contribution in [1.82, 2.24) is 15.5 Å². The number of aromatic nitrogens is 2. The van der Waals surface area contributed by atoms with Crippen LogP contribution in [0.4, 0.5) is 0 Å². The van der Waals surface area contributed by atoms with Gasteiger partial charge in [-0.25, -0.2) is 0 Å². The molecule has 1 heterocycles. The van der Waals surface area contributed by atoms with Gasteiger partial charge in [-0.2, -0.15) is 10.2 Å². The van der Waals surface area contributed by atoms with Crippen LogP contribution in [0.1, 0.15) is 44.5 Å². The van der Waals surface area contributed by atoms with Gasteiger partial charge in [0.2, 0.25) is 0 Å². The summed E-state index contributed by atoms with van der Waals surface area (Å²) < 4.78 is 0. The van der Waals surface area contributed by atoms with Crippen molar-refractivity contribution in [3.63, 3.8) is 0 Å². The summed E-state index contributed by atoms with van der Waals surface area (Å²) >= 11 is 0. The molecule has 0 saturated heterocycles. The van der Waals surface area contributed by atoms with Crippen molar-refractivity contribution < 1.29 is 0 Å². The van der Waals surface area contributed by atoms with E-state index in [1.807, 2.05) is 6.92 Å². The topological polar surface area (TPSA) is 37.8 Å². The Balaban J connectivity index is 2.47. The predicted molar refractivity (Wildman–Crippen MR) is 80.4 cm³/mol. The maximum Gasteiger partial charge on any atom is 0.0753 e. The molecule has 2 atom stereocenters. The fourth-order valence-electron chi connectivity index (χ4n) is 2.72. The highest BCUT2D eigenvalue weighted by Crippen LogP contribution is 2.27. The molecule has 2 rings (SSSR count). The van der Waals surface area contributed by atoms with E-state index in [2.05, 4.69) is 60.6 Å². The summed E-state index contributed by atoms with van der Waals surface area (Å²) in [6, 6.07) is 8.87. The van der Waals surface area contributed by atoms with Gasteiger partial charge in [0.1, 0.15) is 0 Å². The maximum absolute atomic E-state index is 4.47. The summed E-state index contributed by atoms with van der Waals surface area (Å²) in [5.41, 5.74) is 2.11. The number of hydrogen-bond acceptors (Lipinski definition) is 3. The first kappa shape index (κ1) is 13.9. The molecule has 19 heavy (non-hydrogen) atoms. The Morgan fingerprint density at radius 3 is 2.42 bits per heavy atom. The molecule has 2 unspecified atom stereocenters. The second-order valence-corrected chi connectivity index (χ2v) is 5.08. The molecule has 102 valence electrons. The van der Waals surface area contributed by atoms with E-state index in [1.165, 1.54) is 10.8 Å². The zero-order valence-electron chi connectivity index (χ0n) is 12.3. The average Bonchev–Trinajstić information content (AvgIpc) is 2.45. The Morgan fingerprint density at radius 2 is 1.79 bits per heavy atom. The van der Waals surface area contributed by atoms with Gasteiger partial charge in [-0.1, -0.05) is 45.0 Å². The van der Waals surface area contributed by atoms with Crippen LogP contribution in [0.15, 0.2) is 24.3 Å². The lowest BCUT2D eigenvalue weighted by Crippen LogP contribution is -2.33. The monoisotopic (exact) mass is 257 g/mol. The molecule has 1 aromatic carbocycles. The molecular weight excluding hydrogens is 234 g/mol. The number of rotatable bonds is 5. The van der Waals surface area contributed by atoms with Gasteiger partial charge in [-0.15, -0.1) is 0 Å². The first-order valence-electron chi connectivity index (χ1n) is 7.14. The highest BCUT2D eigenvalue weighted by atomic mass is 15.1. The lowest BCUT2D eigenvalue weighted by atomic mass is 9.92. The van der Waals surface area contributed by atoms with Crippen molar-refractivity contribution in [2.75, 3.05) is 6.54 Å². The number of nitrogens with zero attached hydrogens (tertiary/aromatic N) is 2. The third-order valence-corrected chi connectivity index (χ3v) is 3.84. The Labute approximate surface area is 115 Å². The first-order valence-corrected chi connectivity index (χ1v) is 7.14. The second-order valence-electron chi connectivity index (χ2n) is 5.08. The van der Waals surface area contributed by atoms with Crippen LogP contribution in [0.2, 0.25) is 0 Å². The highest BCUT2D eigenvalue weighted by Gasteiger charge is 2.20. The van der Waals surface area contributed by atoms with E-state index in [1.54, 1.807) is 0 Å². The third-order valence-electron chi connectivity index (χ3n) is 3.84. The molecule has 3 nitrogen and oxygen atoms in total. The standard InChI is InChI=1S/C16H23N3/c1-5-15(17-6-2)11(3)16-14-10-8-7-9-13(14)12(4)18-19-16/h7-11,15,17H,5-6H2,1-4H3. The van der Waals surface area contributed by atoms with Crippen LogP contribution in [-0.4, -0.2) is 22.8 Å². The largest absolute Gasteiger partial charge is 0.314 e. The molecule has 0 saturated carbocycles. The van der Waals surface area contributed by atoms with E-state index >= 15 is 0 Å². The fraction of sp³-hybridized carbons (Fsp3) is 0.500. The molecule has 0 aliphatic carbocycles. The Morgan fingerprint density at radius 1 is 1.11 bits per heavy atom. The van der Waals surface area contributed by atoms with E-state index in [9.17, 15) is 0 Å². The number of fused-ring (bicyclic) bond motifs is 1. The van der Waals surface area contributed by atoms with Crippen LogP contribution < -0.4 is 5.32 Å². The van der Waals surface area contributed by atoms with E-state index in [0.29, 0.717) is 12.0 Å². The van der Waals surface area contributed by atoms with Gasteiger partial charge in [-0.05, 0) is 19.9 Å². The van der Waals surface area contributed by atoms with Crippen LogP contribution in [0.25, 0.3) is 10.8 Å². The van der Waals surface area contributed by atoms with Gasteiger partial charge in [-0.3, -0.25) is 0 Å². The zero-order chi connectivity index (χ0) is 13.8. The molecular formula is C16H23N3. The van der Waals surface area contributed by atoms with Crippen molar-refractivity contribution in [3.05, 3.63) is 35.7 Å². The smallest absolute Gasteiger partial charge is 0.0753 e. The van der Waals surface area contributed by atoms with Crippen molar-refractivity contribution in [2.24, 2.45) is 0 Å². The third kappa shape index (κ3) is 2.76. The van der Waals surface area contributed by atoms with E-state index in [4.69, 9.17) is 0 Å². The van der Waals surface area contributed by atoms with Crippen LogP contribution in [0, 0.1) is 6.92 Å². The quantitative estimate of drug-likeness (QED) is 0.891. The van der Waals surface area contributed by atoms with Gasteiger partial charge in [0.05, 0.1) is 11.4 Å². The molecule has 0 bridgehead atoms. The molecule has 3 heteroatoms. The number of aryl methyl sites for hydroxylation is 1. The van der Waals surface area contributed by atoms with Crippen LogP contribution in [0.5, 0.6) is 0 Å². The number of hydrogen-bond donors (Lipinski definition) is 1. The zero-order valence-corrected chi connectivity index (χ0v) is 12.3. The molecule has 0 aliphatic heterocycles. The minimum absolute atomic E-state index is 0.364. The Kier molecular flexibility index (Phi) is 4.48. The van der Waals surface area contributed by atoms with E-state index in [0.717, 1.165) is 24.4 Å². The van der Waals surface area contributed by atoms with Crippen molar-refractivity contribution in [2.45, 2.75) is 46.1 Å². The first-order chi connectivity index (χ1) is 9.19. The fourth-order valence-corrected chi connectivity index (χ4v) is 2.72. The summed E-state index contributed by atoms with van der Waals surface area (Å²) in [5.74, 6) is 0.364. The Bertz CT molecular complexity index is 551. The minimum atomic E-state index is 0.364. The van der Waals surface area contributed by atoms with Crippen molar-refractivity contribution in [3.8, 4) is 0 Å². The lowest BCUT2D eigenvalue weighted by molar-refractivity contribution is 0.442. The van der Waals surface area contributed by atoms with Gasteiger partial charge in [0.25, 0.3) is 0 Å². The van der Waals surface area contributed by atoms with Crippen LogP contribution in [0.3, 0.4) is 0 Å². The predicted octanol–water partition coefficient (Wildman–Crippen LogP) is 3.43. The minimum Gasteiger partial charge on any atom is -0.314 e. The van der Waals surface area contributed by atoms with Crippen molar-refractivity contribution in [1.29, 1.82) is 0 Å². The number of nitrogens with one attached hydrogen (secondary N) is 1. The number of benzene rings is 1. The summed E-state index contributed by atoms with van der Waals surface area (Å²) in [6.45, 7) is 9.61. The summed E-state index contributed by atoms with van der Waals surface area (Å²) in [4.78, 5) is 0. The molecule has 0 fully saturated rings. The highest BCUT2D eigenvalue weighted by molar-refractivity contribution is 5.86. The van der Waals surface area contributed by atoms with E-state index < -0.39 is 0 Å². The van der Waals surface area contributed by atoms with Crippen LogP contribution >= 0.6 is 0 Å². The molecule has 0 spiro atoms. The lowest BCUT2D eigenvalue weighted by Gasteiger charge is -2.24. The molecule has 0 aliphatic rings. The van der Waals surface area contributed by atoms with Gasteiger partial charge < -0.3 is 5.32 Å². The van der Waals surface area contributed by atoms with Gasteiger partial charge in [0.15, 0.2) is 0 Å². The SMILES string of the molecule is CCNC(CC)C(C)c1nnc(C)c2ccccc12. The van der Waals surface area contributed by atoms with Gasteiger partial charge in [0, 0.05) is 22.7 Å². The normalized spacial score (nSPS) is 14.5. The summed E-state index contributed by atoms with van der Waals surface area (Å²) in [6.07, 6.45) is 1.10. The molecule has 0 amide bonds. The molecule has 1 N–H and O–H groups in total. The molecule has 1 aromatic heterocycles. The van der Waals surface area contributed by atoms with Gasteiger partial charge >= 0.3 is 0 Å². The molecule has 0 radical (unpaired) electrons. The summed E-state index contributed by atoms with van der Waals surface area (Å²) in [7, 11) is 0. The average molecular weight is 257 g/mol. The Hall–Kier alpha value is -1.48. The van der Waals surface area contributed by atoms with E-state index in [-0.39, 0.29) is 0 Å².